The third-order valence-corrected chi connectivity index (χ3v) is 2.85. The zero-order chi connectivity index (χ0) is 16.1. The first-order chi connectivity index (χ1) is 10.5. The smallest absolute Gasteiger partial charge is 0.255 e. The molecule has 114 valence electrons. The molecular formula is C16H15FN2O3. The minimum absolute atomic E-state index is 0.205. The van der Waals surface area contributed by atoms with Crippen LogP contribution in [0.3, 0.4) is 0 Å². The quantitative estimate of drug-likeness (QED) is 0.912. The van der Waals surface area contributed by atoms with Crippen molar-refractivity contribution in [2.75, 3.05) is 17.7 Å². The third kappa shape index (κ3) is 3.82. The second-order valence-corrected chi connectivity index (χ2v) is 4.56. The van der Waals surface area contributed by atoms with Gasteiger partial charge in [-0.05, 0) is 36.4 Å². The summed E-state index contributed by atoms with van der Waals surface area (Å²) in [6.45, 7) is 1.37. The summed E-state index contributed by atoms with van der Waals surface area (Å²) in [5.74, 6) is -0.717. The van der Waals surface area contributed by atoms with Crippen molar-refractivity contribution in [1.29, 1.82) is 0 Å². The summed E-state index contributed by atoms with van der Waals surface area (Å²) in [7, 11) is 1.48. The topological polar surface area (TPSA) is 67.4 Å². The Labute approximate surface area is 127 Å². The molecule has 0 bridgehead atoms. The van der Waals surface area contributed by atoms with Gasteiger partial charge in [-0.3, -0.25) is 9.59 Å². The van der Waals surface area contributed by atoms with E-state index in [-0.39, 0.29) is 11.5 Å². The van der Waals surface area contributed by atoms with Crippen LogP contribution in [0.25, 0.3) is 0 Å². The minimum Gasteiger partial charge on any atom is -0.495 e. The van der Waals surface area contributed by atoms with Crippen molar-refractivity contribution in [3.05, 3.63) is 53.8 Å². The maximum absolute atomic E-state index is 13.1. The number of amides is 2. The van der Waals surface area contributed by atoms with Crippen molar-refractivity contribution in [3.8, 4) is 5.75 Å². The van der Waals surface area contributed by atoms with Gasteiger partial charge in [-0.15, -0.1) is 0 Å². The van der Waals surface area contributed by atoms with Crippen molar-refractivity contribution >= 4 is 23.2 Å². The lowest BCUT2D eigenvalue weighted by Gasteiger charge is -2.12. The standard InChI is InChI=1S/C16H15FN2O3/c1-10(20)18-14-9-13(6-7-15(14)22-2)19-16(21)11-4-3-5-12(17)8-11/h3-9H,1-2H3,(H,18,20)(H,19,21). The van der Waals surface area contributed by atoms with E-state index in [9.17, 15) is 14.0 Å². The van der Waals surface area contributed by atoms with Gasteiger partial charge in [0.2, 0.25) is 5.91 Å². The van der Waals surface area contributed by atoms with Crippen LogP contribution in [0.5, 0.6) is 5.75 Å². The zero-order valence-electron chi connectivity index (χ0n) is 12.1. The van der Waals surface area contributed by atoms with Crippen LogP contribution in [0.15, 0.2) is 42.5 Å². The normalized spacial score (nSPS) is 9.95. The molecule has 2 aromatic carbocycles. The van der Waals surface area contributed by atoms with Crippen LogP contribution in [0, 0.1) is 5.82 Å². The second kappa shape index (κ2) is 6.71. The molecule has 0 heterocycles. The SMILES string of the molecule is COc1ccc(NC(=O)c2cccc(F)c2)cc1NC(C)=O. The summed E-state index contributed by atoms with van der Waals surface area (Å²) in [5, 5.41) is 5.25. The Bertz CT molecular complexity index is 716. The van der Waals surface area contributed by atoms with Crippen molar-refractivity contribution in [3.63, 3.8) is 0 Å². The molecule has 0 spiro atoms. The van der Waals surface area contributed by atoms with Gasteiger partial charge in [-0.25, -0.2) is 4.39 Å². The highest BCUT2D eigenvalue weighted by atomic mass is 19.1. The number of ether oxygens (including phenoxy) is 1. The molecule has 0 unspecified atom stereocenters. The van der Waals surface area contributed by atoms with Gasteiger partial charge in [-0.1, -0.05) is 6.07 Å². The molecule has 5 nitrogen and oxygen atoms in total. The Morgan fingerprint density at radius 2 is 1.86 bits per heavy atom. The predicted molar refractivity (Wildman–Crippen MR) is 81.7 cm³/mol. The van der Waals surface area contributed by atoms with Crippen molar-refractivity contribution in [2.45, 2.75) is 6.92 Å². The lowest BCUT2D eigenvalue weighted by molar-refractivity contribution is -0.114. The van der Waals surface area contributed by atoms with Crippen molar-refractivity contribution in [1.82, 2.24) is 0 Å². The van der Waals surface area contributed by atoms with Gasteiger partial charge in [-0.2, -0.15) is 0 Å². The number of hydrogen-bond donors (Lipinski definition) is 2. The molecule has 0 saturated heterocycles. The van der Waals surface area contributed by atoms with Crippen LogP contribution < -0.4 is 15.4 Å². The summed E-state index contributed by atoms with van der Waals surface area (Å²) < 4.78 is 18.3. The number of methoxy groups -OCH3 is 1. The number of nitrogens with one attached hydrogen (secondary N) is 2. The highest BCUT2D eigenvalue weighted by molar-refractivity contribution is 6.04. The van der Waals surface area contributed by atoms with Gasteiger partial charge >= 0.3 is 0 Å². The van der Waals surface area contributed by atoms with E-state index in [1.165, 1.54) is 32.2 Å². The summed E-state index contributed by atoms with van der Waals surface area (Å²) in [5.41, 5.74) is 1.10. The highest BCUT2D eigenvalue weighted by Crippen LogP contribution is 2.28. The molecule has 0 fully saturated rings. The molecule has 2 amide bonds. The monoisotopic (exact) mass is 302 g/mol. The summed E-state index contributed by atoms with van der Waals surface area (Å²) in [4.78, 5) is 23.2. The molecule has 0 aromatic heterocycles. The van der Waals surface area contributed by atoms with E-state index in [1.807, 2.05) is 0 Å². The fraction of sp³-hybridized carbons (Fsp3) is 0.125. The molecule has 2 rings (SSSR count). The average Bonchev–Trinajstić information content (AvgIpc) is 2.47. The lowest BCUT2D eigenvalue weighted by atomic mass is 10.2. The molecule has 0 atom stereocenters. The molecule has 22 heavy (non-hydrogen) atoms. The Morgan fingerprint density at radius 3 is 2.50 bits per heavy atom. The van der Waals surface area contributed by atoms with Crippen LogP contribution in [-0.4, -0.2) is 18.9 Å². The lowest BCUT2D eigenvalue weighted by Crippen LogP contribution is -2.13. The first-order valence-corrected chi connectivity index (χ1v) is 6.52. The molecule has 0 radical (unpaired) electrons. The molecular weight excluding hydrogens is 287 g/mol. The van der Waals surface area contributed by atoms with Crippen LogP contribution in [0.1, 0.15) is 17.3 Å². The summed E-state index contributed by atoms with van der Waals surface area (Å²) >= 11 is 0. The number of halogens is 1. The minimum atomic E-state index is -0.485. The average molecular weight is 302 g/mol. The molecule has 0 aliphatic carbocycles. The molecule has 2 aromatic rings. The molecule has 0 aliphatic rings. The molecule has 0 aliphatic heterocycles. The van der Waals surface area contributed by atoms with Gasteiger partial charge in [0.25, 0.3) is 5.91 Å². The number of carbonyl (C=O) groups excluding carboxylic acids is 2. The van der Waals surface area contributed by atoms with Crippen LogP contribution in [-0.2, 0) is 4.79 Å². The maximum atomic E-state index is 13.1. The van der Waals surface area contributed by atoms with E-state index >= 15 is 0 Å². The number of rotatable bonds is 4. The van der Waals surface area contributed by atoms with E-state index in [0.717, 1.165) is 6.07 Å². The molecule has 2 N–H and O–H groups in total. The first kappa shape index (κ1) is 15.5. The van der Waals surface area contributed by atoms with Gasteiger partial charge in [0.05, 0.1) is 12.8 Å². The van der Waals surface area contributed by atoms with Gasteiger partial charge in [0.1, 0.15) is 11.6 Å². The van der Waals surface area contributed by atoms with Crippen molar-refractivity contribution in [2.24, 2.45) is 0 Å². The Morgan fingerprint density at radius 1 is 1.09 bits per heavy atom. The van der Waals surface area contributed by atoms with Crippen molar-refractivity contribution < 1.29 is 18.7 Å². The van der Waals surface area contributed by atoms with Gasteiger partial charge in [0.15, 0.2) is 0 Å². The van der Waals surface area contributed by atoms with Crippen LogP contribution in [0.2, 0.25) is 0 Å². The maximum Gasteiger partial charge on any atom is 0.255 e. The Balaban J connectivity index is 2.22. The van der Waals surface area contributed by atoms with E-state index in [0.29, 0.717) is 17.1 Å². The van der Waals surface area contributed by atoms with E-state index in [4.69, 9.17) is 4.74 Å². The third-order valence-electron chi connectivity index (χ3n) is 2.85. The zero-order valence-corrected chi connectivity index (χ0v) is 12.1. The number of hydrogen-bond acceptors (Lipinski definition) is 3. The van der Waals surface area contributed by atoms with E-state index in [1.54, 1.807) is 18.2 Å². The van der Waals surface area contributed by atoms with Crippen LogP contribution in [0.4, 0.5) is 15.8 Å². The van der Waals surface area contributed by atoms with Gasteiger partial charge in [0, 0.05) is 18.2 Å². The fourth-order valence-electron chi connectivity index (χ4n) is 1.91. The Hall–Kier alpha value is -2.89. The predicted octanol–water partition coefficient (Wildman–Crippen LogP) is 3.05. The number of carbonyl (C=O) groups is 2. The van der Waals surface area contributed by atoms with Crippen LogP contribution >= 0.6 is 0 Å². The summed E-state index contributed by atoms with van der Waals surface area (Å²) in [6.07, 6.45) is 0. The molecule has 6 heteroatoms. The fourth-order valence-corrected chi connectivity index (χ4v) is 1.91. The first-order valence-electron chi connectivity index (χ1n) is 6.52. The van der Waals surface area contributed by atoms with E-state index < -0.39 is 11.7 Å². The highest BCUT2D eigenvalue weighted by Gasteiger charge is 2.10. The van der Waals surface area contributed by atoms with E-state index in [2.05, 4.69) is 10.6 Å². The summed E-state index contributed by atoms with van der Waals surface area (Å²) in [6, 6.07) is 10.2. The number of anilines is 2. The van der Waals surface area contributed by atoms with Gasteiger partial charge < -0.3 is 15.4 Å². The largest absolute Gasteiger partial charge is 0.495 e. The second-order valence-electron chi connectivity index (χ2n) is 4.56. The Kier molecular flexibility index (Phi) is 4.73. The number of benzene rings is 2. The molecule has 0 saturated carbocycles.